The number of likely N-dealkylation sites (tertiary alicyclic amines) is 1. The number of aliphatic imine (C=N–C) groups is 3. The molecular formula is C59H95N21O12S2. The number of phenols is 1. The number of carbonyl (C=O) groups excluding carboxylic acids is 11. The lowest BCUT2D eigenvalue weighted by Gasteiger charge is -2.33. The van der Waals surface area contributed by atoms with Gasteiger partial charge < -0.3 is 104 Å². The number of hydrogen-bond donors (Lipinski definition) is 20. The van der Waals surface area contributed by atoms with Crippen LogP contribution in [0.3, 0.4) is 0 Å². The summed E-state index contributed by atoms with van der Waals surface area (Å²) in [5.41, 5.74) is 46.2. The van der Waals surface area contributed by atoms with Crippen molar-refractivity contribution in [2.75, 3.05) is 45.0 Å². The molecule has 35 heteroatoms. The topological polar surface area (TPSA) is 565 Å². The van der Waals surface area contributed by atoms with Gasteiger partial charge in [0.1, 0.15) is 54.1 Å². The number of amides is 11. The molecule has 0 radical (unpaired) electrons. The summed E-state index contributed by atoms with van der Waals surface area (Å²) in [5, 5.41) is 33.0. The summed E-state index contributed by atoms with van der Waals surface area (Å²) in [7, 11) is 0. The third kappa shape index (κ3) is 28.4. The van der Waals surface area contributed by atoms with E-state index in [9.17, 15) is 57.8 Å². The molecule has 0 spiro atoms. The van der Waals surface area contributed by atoms with Gasteiger partial charge in [-0.3, -0.25) is 67.7 Å². The summed E-state index contributed by atoms with van der Waals surface area (Å²) >= 11 is 8.76. The fraction of sp³-hybridized carbons (Fsp3) is 0.559. The zero-order chi connectivity index (χ0) is 70.2. The number of carbonyl (C=O) groups is 11. The van der Waals surface area contributed by atoms with Gasteiger partial charge in [-0.25, -0.2) is 0 Å². The number of benzene rings is 2. The van der Waals surface area contributed by atoms with Crippen molar-refractivity contribution in [1.82, 2.24) is 52.8 Å². The van der Waals surface area contributed by atoms with Crippen LogP contribution in [0.5, 0.6) is 5.75 Å². The summed E-state index contributed by atoms with van der Waals surface area (Å²) in [6.45, 7) is 5.42. The minimum atomic E-state index is -1.55. The zero-order valence-electron chi connectivity index (χ0n) is 53.4. The molecule has 1 heterocycles. The molecule has 1 fully saturated rings. The minimum Gasteiger partial charge on any atom is -0.508 e. The van der Waals surface area contributed by atoms with Crippen LogP contribution in [0.2, 0.25) is 0 Å². The normalized spacial score (nSPS) is 15.6. The summed E-state index contributed by atoms with van der Waals surface area (Å²) in [4.78, 5) is 165. The van der Waals surface area contributed by atoms with Gasteiger partial charge in [0, 0.05) is 43.1 Å². The summed E-state index contributed by atoms with van der Waals surface area (Å²) in [6.07, 6.45) is 0.980. The SMILES string of the molecule is CC[C@H](C)[C@H](NC(=O)[C@H](CCCN=C(N)N)NC(=O)[C@H](CCCN=C(N)N)NC(=O)[C@H](NC(=O)[C@H](Cc1ccccc1)NC(=O)CNC(=O)CNC(=O)[C@@H](N)Cc1ccc(O)cc1)C(C)(C)S)C(=O)N[C@@H](CCCN=C(N)N)C(=O)N1CCC[C@H]1C(=O)N[C@@H](CS)C(N)=O. The summed E-state index contributed by atoms with van der Waals surface area (Å²) in [6, 6.07) is 2.89. The highest BCUT2D eigenvalue weighted by molar-refractivity contribution is 7.81. The van der Waals surface area contributed by atoms with Crippen molar-refractivity contribution in [3.63, 3.8) is 0 Å². The van der Waals surface area contributed by atoms with Crippen LogP contribution in [-0.2, 0) is 65.6 Å². The summed E-state index contributed by atoms with van der Waals surface area (Å²) < 4.78 is -1.40. The lowest BCUT2D eigenvalue weighted by molar-refractivity contribution is -0.142. The highest BCUT2D eigenvalue weighted by atomic mass is 32.1. The highest BCUT2D eigenvalue weighted by Crippen LogP contribution is 2.22. The van der Waals surface area contributed by atoms with Crippen molar-refractivity contribution in [2.24, 2.45) is 66.8 Å². The molecular weight excluding hydrogens is 1260 g/mol. The van der Waals surface area contributed by atoms with Gasteiger partial charge in [0.05, 0.1) is 19.1 Å². The van der Waals surface area contributed by atoms with E-state index >= 15 is 0 Å². The molecule has 2 aromatic carbocycles. The molecule has 520 valence electrons. The standard InChI is InChI=1S/C59H95N21O12S2/c1-5-32(2)45(53(90)76-39(17-11-25-70-58(66)67)55(92)80-26-12-18-42(80)52(89)77-41(31-93)47(61)84)78-50(87)38(16-10-24-69-57(64)65)74-49(86)37(15-9-23-68-56(62)63)75-54(91)46(59(3,4)94)79-51(88)40(28-33-13-7-6-8-14-33)73-44(83)30-71-43(82)29-72-48(85)36(60)27-34-19-21-35(81)22-20-34/h6-8,13-14,19-22,32,36-42,45-46,81,93-94H,5,9-12,15-18,23-31,60H2,1-4H3,(H2,61,84)(H,71,82)(H,72,85)(H,73,83)(H,74,86)(H,75,91)(H,76,90)(H,77,89)(H,78,87)(H,79,88)(H4,62,63,68)(H4,64,65,69)(H4,66,67,70)/t32-,36-,37-,38-,39-,40-,41-,42-,45-,46-/m0/s1. The lowest BCUT2D eigenvalue weighted by Crippen LogP contribution is -2.63. The lowest BCUT2D eigenvalue weighted by atomic mass is 9.96. The first-order valence-corrected chi connectivity index (χ1v) is 31.8. The van der Waals surface area contributed by atoms with E-state index in [-0.39, 0.29) is 113 Å². The van der Waals surface area contributed by atoms with Gasteiger partial charge in [-0.1, -0.05) is 62.7 Å². The van der Waals surface area contributed by atoms with Crippen LogP contribution >= 0.6 is 25.3 Å². The van der Waals surface area contributed by atoms with Crippen molar-refractivity contribution < 1.29 is 57.8 Å². The number of nitrogens with one attached hydrogen (secondary N) is 9. The molecule has 11 amide bonds. The minimum absolute atomic E-state index is 0.00843. The predicted octanol–water partition coefficient (Wildman–Crippen LogP) is -5.55. The third-order valence-electron chi connectivity index (χ3n) is 15.0. The van der Waals surface area contributed by atoms with Crippen molar-refractivity contribution in [1.29, 1.82) is 0 Å². The second-order valence-electron chi connectivity index (χ2n) is 23.1. The van der Waals surface area contributed by atoms with E-state index in [0.717, 1.165) is 0 Å². The van der Waals surface area contributed by atoms with Crippen molar-refractivity contribution >= 4 is 108 Å². The molecule has 0 unspecified atom stereocenters. The van der Waals surface area contributed by atoms with Gasteiger partial charge in [-0.2, -0.15) is 25.3 Å². The maximum atomic E-state index is 14.7. The van der Waals surface area contributed by atoms with Crippen LogP contribution in [0.1, 0.15) is 96.6 Å². The Morgan fingerprint density at radius 3 is 1.62 bits per heavy atom. The van der Waals surface area contributed by atoms with E-state index in [2.05, 4.69) is 88.1 Å². The zero-order valence-corrected chi connectivity index (χ0v) is 55.2. The molecule has 0 saturated carbocycles. The second kappa shape index (κ2) is 40.1. The number of nitrogens with zero attached hydrogens (tertiary/aromatic N) is 4. The maximum Gasteiger partial charge on any atom is 0.245 e. The number of thiol groups is 2. The molecule has 10 atom stereocenters. The molecule has 94 heavy (non-hydrogen) atoms. The van der Waals surface area contributed by atoms with E-state index in [0.29, 0.717) is 24.0 Å². The average Bonchev–Trinajstić information content (AvgIpc) is 1.44. The number of guanidine groups is 3. The smallest absolute Gasteiger partial charge is 0.245 e. The molecule has 1 aliphatic rings. The van der Waals surface area contributed by atoms with Crippen molar-refractivity contribution in [2.45, 2.75) is 157 Å². The molecule has 1 aliphatic heterocycles. The second-order valence-corrected chi connectivity index (χ2v) is 24.6. The number of phenolic OH excluding ortho intramolecular Hbond substituents is 1. The van der Waals surface area contributed by atoms with E-state index in [1.165, 1.54) is 30.9 Å². The number of primary amides is 1. The highest BCUT2D eigenvalue weighted by Gasteiger charge is 2.41. The van der Waals surface area contributed by atoms with Crippen molar-refractivity contribution in [3.8, 4) is 5.75 Å². The Morgan fingerprint density at radius 1 is 0.596 bits per heavy atom. The molecule has 26 N–H and O–H groups in total. The van der Waals surface area contributed by atoms with Gasteiger partial charge >= 0.3 is 0 Å². The van der Waals surface area contributed by atoms with Gasteiger partial charge in [-0.05, 0) is 101 Å². The first-order valence-electron chi connectivity index (χ1n) is 30.7. The fourth-order valence-corrected chi connectivity index (χ4v) is 10.1. The molecule has 3 rings (SSSR count). The van der Waals surface area contributed by atoms with E-state index < -0.39 is 143 Å². The molecule has 0 aliphatic carbocycles. The number of nitrogens with two attached hydrogens (primary N) is 8. The quantitative estimate of drug-likeness (QED) is 0.0128. The fourth-order valence-electron chi connectivity index (χ4n) is 9.66. The Kier molecular flexibility index (Phi) is 33.7. The van der Waals surface area contributed by atoms with Crippen molar-refractivity contribution in [3.05, 3.63) is 65.7 Å². The van der Waals surface area contributed by atoms with Gasteiger partial charge in [0.25, 0.3) is 0 Å². The number of rotatable bonds is 40. The number of aromatic hydroxyl groups is 1. The van der Waals surface area contributed by atoms with Crippen LogP contribution in [0.4, 0.5) is 0 Å². The van der Waals surface area contributed by atoms with Crippen LogP contribution in [0.15, 0.2) is 69.6 Å². The van der Waals surface area contributed by atoms with E-state index in [1.807, 2.05) is 0 Å². The first-order chi connectivity index (χ1) is 44.3. The Bertz CT molecular complexity index is 2980. The molecule has 33 nitrogen and oxygen atoms in total. The monoisotopic (exact) mass is 1350 g/mol. The first kappa shape index (κ1) is 79.1. The van der Waals surface area contributed by atoms with Crippen LogP contribution < -0.4 is 93.7 Å². The molecule has 2 aromatic rings. The Balaban J connectivity index is 1.92. The predicted molar refractivity (Wildman–Crippen MR) is 360 cm³/mol. The van der Waals surface area contributed by atoms with Gasteiger partial charge in [0.2, 0.25) is 65.0 Å². The van der Waals surface area contributed by atoms with E-state index in [4.69, 9.17) is 45.9 Å². The number of hydrogen-bond acceptors (Lipinski definition) is 18. The Hall–Kier alpha value is -9.12. The Morgan fingerprint density at radius 2 is 1.10 bits per heavy atom. The van der Waals surface area contributed by atoms with Crippen LogP contribution in [0, 0.1) is 5.92 Å². The van der Waals surface area contributed by atoms with Crippen LogP contribution in [0.25, 0.3) is 0 Å². The molecule has 1 saturated heterocycles. The maximum absolute atomic E-state index is 14.7. The van der Waals surface area contributed by atoms with Gasteiger partial charge in [0.15, 0.2) is 17.9 Å². The van der Waals surface area contributed by atoms with Gasteiger partial charge in [-0.15, -0.1) is 0 Å². The average molecular weight is 1350 g/mol. The molecule has 0 bridgehead atoms. The Labute approximate surface area is 557 Å². The van der Waals surface area contributed by atoms with Crippen LogP contribution in [-0.4, -0.2) is 197 Å². The van der Waals surface area contributed by atoms with E-state index in [1.54, 1.807) is 56.3 Å². The molecule has 0 aromatic heterocycles. The third-order valence-corrected chi connectivity index (χ3v) is 15.6. The largest absolute Gasteiger partial charge is 0.508 e. The summed E-state index contributed by atoms with van der Waals surface area (Å²) in [5.74, 6) is -10.2.